The first-order valence-corrected chi connectivity index (χ1v) is 5.41. The Balaban J connectivity index is 2.55. The molecule has 1 saturated carbocycles. The molecule has 0 aromatic rings. The van der Waals surface area contributed by atoms with Gasteiger partial charge in [-0.1, -0.05) is 6.92 Å². The van der Waals surface area contributed by atoms with Gasteiger partial charge in [-0.15, -0.1) is 0 Å². The van der Waals surface area contributed by atoms with Crippen LogP contribution in [0, 0.1) is 11.8 Å². The van der Waals surface area contributed by atoms with Gasteiger partial charge in [-0.05, 0) is 19.3 Å². The maximum absolute atomic E-state index is 11.7. The zero-order chi connectivity index (χ0) is 12.3. The molecule has 0 heterocycles. The van der Waals surface area contributed by atoms with Crippen LogP contribution in [0.15, 0.2) is 0 Å². The van der Waals surface area contributed by atoms with Crippen LogP contribution in [0.25, 0.3) is 0 Å². The number of carboxylic acid groups (broad SMARTS) is 1. The second-order valence-corrected chi connectivity index (χ2v) is 4.87. The summed E-state index contributed by atoms with van der Waals surface area (Å²) in [5.74, 6) is -0.543. The third-order valence-electron chi connectivity index (χ3n) is 2.88. The first-order chi connectivity index (χ1) is 7.38. The van der Waals surface area contributed by atoms with Gasteiger partial charge in [0.1, 0.15) is 0 Å². The highest BCUT2D eigenvalue weighted by molar-refractivity contribution is 5.83. The van der Waals surface area contributed by atoms with E-state index in [0.717, 1.165) is 6.42 Å². The molecule has 1 aliphatic carbocycles. The van der Waals surface area contributed by atoms with Gasteiger partial charge in [-0.25, -0.2) is 0 Å². The van der Waals surface area contributed by atoms with E-state index < -0.39 is 11.5 Å². The van der Waals surface area contributed by atoms with Crippen LogP contribution in [-0.2, 0) is 14.3 Å². The number of amides is 1. The number of methoxy groups -OCH3 is 1. The molecule has 1 rings (SSSR count). The van der Waals surface area contributed by atoms with Gasteiger partial charge in [-0.2, -0.15) is 0 Å². The fraction of sp³-hybridized carbons (Fsp3) is 0.818. The lowest BCUT2D eigenvalue weighted by Gasteiger charge is -2.28. The Morgan fingerprint density at radius 3 is 2.50 bits per heavy atom. The number of carbonyl (C=O) groups is 2. The molecule has 1 aliphatic rings. The Morgan fingerprint density at radius 2 is 2.12 bits per heavy atom. The molecule has 92 valence electrons. The van der Waals surface area contributed by atoms with E-state index >= 15 is 0 Å². The Morgan fingerprint density at radius 1 is 1.56 bits per heavy atom. The quantitative estimate of drug-likeness (QED) is 0.700. The van der Waals surface area contributed by atoms with Gasteiger partial charge in [0.05, 0.1) is 18.6 Å². The standard InChI is InChI=1S/C11H19NO4/c1-7-4-8(7)10(15)12-11(2,6-16-3)5-9(13)14/h7-8H,4-6H2,1-3H3,(H,12,15)(H,13,14). The lowest BCUT2D eigenvalue weighted by molar-refractivity contribution is -0.139. The van der Waals surface area contributed by atoms with Gasteiger partial charge >= 0.3 is 5.97 Å². The molecular formula is C11H19NO4. The average Bonchev–Trinajstić information content (AvgIpc) is 2.80. The minimum atomic E-state index is -0.941. The number of carbonyl (C=O) groups excluding carboxylic acids is 1. The van der Waals surface area contributed by atoms with E-state index in [-0.39, 0.29) is 24.9 Å². The average molecular weight is 229 g/mol. The van der Waals surface area contributed by atoms with E-state index in [2.05, 4.69) is 5.32 Å². The largest absolute Gasteiger partial charge is 0.481 e. The van der Waals surface area contributed by atoms with Crippen LogP contribution in [0.5, 0.6) is 0 Å². The zero-order valence-electron chi connectivity index (χ0n) is 9.95. The van der Waals surface area contributed by atoms with Crippen LogP contribution in [0.1, 0.15) is 26.7 Å². The zero-order valence-corrected chi connectivity index (χ0v) is 9.95. The summed E-state index contributed by atoms with van der Waals surface area (Å²) in [6.07, 6.45) is 0.760. The molecule has 1 fully saturated rings. The van der Waals surface area contributed by atoms with Crippen molar-refractivity contribution < 1.29 is 19.4 Å². The summed E-state index contributed by atoms with van der Waals surface area (Å²) in [7, 11) is 1.49. The second-order valence-electron chi connectivity index (χ2n) is 4.87. The van der Waals surface area contributed by atoms with Crippen molar-refractivity contribution in [2.75, 3.05) is 13.7 Å². The Bertz CT molecular complexity index is 292. The summed E-state index contributed by atoms with van der Waals surface area (Å²) >= 11 is 0. The van der Waals surface area contributed by atoms with Gasteiger partial charge in [0.15, 0.2) is 0 Å². The molecule has 1 amide bonds. The van der Waals surface area contributed by atoms with E-state index in [0.29, 0.717) is 5.92 Å². The van der Waals surface area contributed by atoms with Gasteiger partial charge in [0.2, 0.25) is 5.91 Å². The number of carboxylic acids is 1. The minimum absolute atomic E-state index is 0.0463. The summed E-state index contributed by atoms with van der Waals surface area (Å²) in [5, 5.41) is 11.6. The van der Waals surface area contributed by atoms with Gasteiger partial charge < -0.3 is 15.2 Å². The molecule has 3 atom stereocenters. The monoisotopic (exact) mass is 229 g/mol. The van der Waals surface area contributed by atoms with Crippen molar-refractivity contribution in [2.45, 2.75) is 32.2 Å². The maximum Gasteiger partial charge on any atom is 0.305 e. The highest BCUT2D eigenvalue weighted by atomic mass is 16.5. The topological polar surface area (TPSA) is 75.6 Å². The van der Waals surface area contributed by atoms with Crippen LogP contribution in [0.2, 0.25) is 0 Å². The summed E-state index contributed by atoms with van der Waals surface area (Å²) in [4.78, 5) is 22.4. The van der Waals surface area contributed by atoms with Crippen LogP contribution in [0.3, 0.4) is 0 Å². The molecule has 5 heteroatoms. The number of ether oxygens (including phenoxy) is 1. The highest BCUT2D eigenvalue weighted by Crippen LogP contribution is 2.38. The van der Waals surface area contributed by atoms with E-state index in [9.17, 15) is 9.59 Å². The first-order valence-electron chi connectivity index (χ1n) is 5.41. The Labute approximate surface area is 95.2 Å². The van der Waals surface area contributed by atoms with Gasteiger partial charge in [-0.3, -0.25) is 9.59 Å². The highest BCUT2D eigenvalue weighted by Gasteiger charge is 2.42. The van der Waals surface area contributed by atoms with Crippen molar-refractivity contribution in [3.63, 3.8) is 0 Å². The minimum Gasteiger partial charge on any atom is -0.481 e. The van der Waals surface area contributed by atoms with Crippen LogP contribution < -0.4 is 5.32 Å². The number of nitrogens with one attached hydrogen (secondary N) is 1. The second kappa shape index (κ2) is 4.82. The molecule has 0 saturated heterocycles. The SMILES string of the molecule is COCC(C)(CC(=O)O)NC(=O)C1CC1C. The van der Waals surface area contributed by atoms with Crippen LogP contribution >= 0.6 is 0 Å². The number of rotatable bonds is 6. The first kappa shape index (κ1) is 13.0. The summed E-state index contributed by atoms with van der Waals surface area (Å²) < 4.78 is 4.96. The molecule has 5 nitrogen and oxygen atoms in total. The molecule has 2 N–H and O–H groups in total. The third-order valence-corrected chi connectivity index (χ3v) is 2.88. The number of aliphatic carboxylic acids is 1. The molecule has 0 aromatic heterocycles. The molecule has 0 bridgehead atoms. The fourth-order valence-electron chi connectivity index (χ4n) is 1.86. The summed E-state index contributed by atoms with van der Waals surface area (Å²) in [6.45, 7) is 3.90. The summed E-state index contributed by atoms with van der Waals surface area (Å²) in [5.41, 5.74) is -0.819. The van der Waals surface area contributed by atoms with Crippen molar-refractivity contribution in [1.82, 2.24) is 5.32 Å². The van der Waals surface area contributed by atoms with Crippen molar-refractivity contribution in [3.05, 3.63) is 0 Å². The number of hydrogen-bond donors (Lipinski definition) is 2. The molecule has 0 radical (unpaired) electrons. The van der Waals surface area contributed by atoms with Gasteiger partial charge in [0, 0.05) is 13.0 Å². The molecule has 0 aliphatic heterocycles. The van der Waals surface area contributed by atoms with Crippen molar-refractivity contribution in [1.29, 1.82) is 0 Å². The fourth-order valence-corrected chi connectivity index (χ4v) is 1.86. The lowest BCUT2D eigenvalue weighted by Crippen LogP contribution is -2.51. The normalized spacial score (nSPS) is 26.9. The molecule has 3 unspecified atom stereocenters. The summed E-state index contributed by atoms with van der Waals surface area (Å²) in [6, 6.07) is 0. The predicted octanol–water partition coefficient (Wildman–Crippen LogP) is 0.638. The van der Waals surface area contributed by atoms with Crippen LogP contribution in [0.4, 0.5) is 0 Å². The van der Waals surface area contributed by atoms with E-state index in [1.165, 1.54) is 7.11 Å². The molecular weight excluding hydrogens is 210 g/mol. The Kier molecular flexibility index (Phi) is 3.91. The predicted molar refractivity (Wildman–Crippen MR) is 57.9 cm³/mol. The van der Waals surface area contributed by atoms with Crippen molar-refractivity contribution >= 4 is 11.9 Å². The maximum atomic E-state index is 11.7. The molecule has 0 spiro atoms. The Hall–Kier alpha value is -1.10. The van der Waals surface area contributed by atoms with E-state index in [4.69, 9.17) is 9.84 Å². The van der Waals surface area contributed by atoms with Crippen molar-refractivity contribution in [2.24, 2.45) is 11.8 Å². The van der Waals surface area contributed by atoms with Crippen molar-refractivity contribution in [3.8, 4) is 0 Å². The lowest BCUT2D eigenvalue weighted by atomic mass is 9.98. The molecule has 16 heavy (non-hydrogen) atoms. The van der Waals surface area contributed by atoms with Crippen LogP contribution in [-0.4, -0.2) is 36.2 Å². The third kappa shape index (κ3) is 3.48. The van der Waals surface area contributed by atoms with E-state index in [1.807, 2.05) is 6.92 Å². The van der Waals surface area contributed by atoms with Gasteiger partial charge in [0.25, 0.3) is 0 Å². The molecule has 0 aromatic carbocycles. The smallest absolute Gasteiger partial charge is 0.305 e. The number of hydrogen-bond acceptors (Lipinski definition) is 3. The van der Waals surface area contributed by atoms with E-state index in [1.54, 1.807) is 6.92 Å².